The van der Waals surface area contributed by atoms with Gasteiger partial charge >= 0.3 is 0 Å². The van der Waals surface area contributed by atoms with Crippen molar-refractivity contribution in [2.45, 2.75) is 6.54 Å². The maximum absolute atomic E-state index is 13.7. The third kappa shape index (κ3) is 3.05. The Morgan fingerprint density at radius 2 is 1.52 bits per heavy atom. The highest BCUT2D eigenvalue weighted by atomic mass is 79.9. The summed E-state index contributed by atoms with van der Waals surface area (Å²) < 4.78 is 27.9. The highest BCUT2D eigenvalue weighted by Crippen LogP contribution is 2.24. The summed E-state index contributed by atoms with van der Waals surface area (Å²) in [4.78, 5) is 0. The maximum Gasteiger partial charge on any atom is 0.150 e. The molecular weight excluding hydrogens is 336 g/mol. The van der Waals surface area contributed by atoms with Crippen LogP contribution in [0.3, 0.4) is 0 Å². The molecule has 1 N–H and O–H groups in total. The van der Waals surface area contributed by atoms with Crippen molar-refractivity contribution in [1.82, 2.24) is 0 Å². The number of nitrogens with one attached hydrogen (secondary N) is 1. The van der Waals surface area contributed by atoms with Crippen molar-refractivity contribution < 1.29 is 8.78 Å². The van der Waals surface area contributed by atoms with Gasteiger partial charge in [0, 0.05) is 11.0 Å². The lowest BCUT2D eigenvalue weighted by Gasteiger charge is -2.10. The molecule has 106 valence electrons. The average molecular weight is 348 g/mol. The second kappa shape index (κ2) is 5.82. The lowest BCUT2D eigenvalue weighted by atomic mass is 10.1. The molecule has 21 heavy (non-hydrogen) atoms. The van der Waals surface area contributed by atoms with E-state index in [2.05, 4.69) is 21.2 Å². The minimum Gasteiger partial charge on any atom is -0.376 e. The zero-order valence-corrected chi connectivity index (χ0v) is 12.6. The smallest absolute Gasteiger partial charge is 0.150 e. The topological polar surface area (TPSA) is 12.0 Å². The van der Waals surface area contributed by atoms with Crippen LogP contribution in [0.2, 0.25) is 0 Å². The zero-order chi connectivity index (χ0) is 14.8. The van der Waals surface area contributed by atoms with Crippen LogP contribution < -0.4 is 5.32 Å². The van der Waals surface area contributed by atoms with Crippen molar-refractivity contribution >= 4 is 32.4 Å². The van der Waals surface area contributed by atoms with Crippen molar-refractivity contribution in [2.75, 3.05) is 5.32 Å². The molecule has 3 aromatic carbocycles. The Morgan fingerprint density at radius 3 is 2.24 bits per heavy atom. The molecule has 0 atom stereocenters. The van der Waals surface area contributed by atoms with Crippen molar-refractivity contribution in [3.8, 4) is 0 Å². The van der Waals surface area contributed by atoms with E-state index >= 15 is 0 Å². The number of benzene rings is 3. The molecule has 0 amide bonds. The summed E-state index contributed by atoms with van der Waals surface area (Å²) in [5.41, 5.74) is 0.863. The van der Waals surface area contributed by atoms with Gasteiger partial charge in [-0.3, -0.25) is 0 Å². The van der Waals surface area contributed by atoms with Crippen LogP contribution in [0.4, 0.5) is 14.5 Å². The Labute approximate surface area is 129 Å². The largest absolute Gasteiger partial charge is 0.376 e. The standard InChI is InChI=1S/C17H12BrF2N/c18-14-8-15(19)17(16(20)9-14)21-10-11-5-6-12-3-1-2-4-13(12)7-11/h1-9,21H,10H2. The van der Waals surface area contributed by atoms with Gasteiger partial charge in [-0.2, -0.15) is 0 Å². The van der Waals surface area contributed by atoms with Crippen LogP contribution in [0.5, 0.6) is 0 Å². The summed E-state index contributed by atoms with van der Waals surface area (Å²) in [5.74, 6) is -1.22. The number of halogens is 3. The van der Waals surface area contributed by atoms with E-state index in [1.807, 2.05) is 42.5 Å². The fourth-order valence-corrected chi connectivity index (χ4v) is 2.65. The first-order chi connectivity index (χ1) is 10.1. The number of rotatable bonds is 3. The van der Waals surface area contributed by atoms with Gasteiger partial charge < -0.3 is 5.32 Å². The van der Waals surface area contributed by atoms with E-state index in [4.69, 9.17) is 0 Å². The van der Waals surface area contributed by atoms with E-state index in [1.54, 1.807) is 0 Å². The highest BCUT2D eigenvalue weighted by molar-refractivity contribution is 9.10. The minimum atomic E-state index is -0.609. The molecule has 0 aliphatic heterocycles. The number of hydrogen-bond donors (Lipinski definition) is 1. The van der Waals surface area contributed by atoms with Gasteiger partial charge in [0.05, 0.1) is 0 Å². The van der Waals surface area contributed by atoms with Crippen LogP contribution in [-0.4, -0.2) is 0 Å². The van der Waals surface area contributed by atoms with E-state index in [1.165, 1.54) is 12.1 Å². The van der Waals surface area contributed by atoms with Gasteiger partial charge in [-0.05, 0) is 34.5 Å². The highest BCUT2D eigenvalue weighted by Gasteiger charge is 2.10. The van der Waals surface area contributed by atoms with Crippen LogP contribution >= 0.6 is 15.9 Å². The fourth-order valence-electron chi connectivity index (χ4n) is 2.25. The summed E-state index contributed by atoms with van der Waals surface area (Å²) >= 11 is 3.06. The summed E-state index contributed by atoms with van der Waals surface area (Å²) in [6.45, 7) is 0.361. The summed E-state index contributed by atoms with van der Waals surface area (Å²) in [6.07, 6.45) is 0. The number of fused-ring (bicyclic) bond motifs is 1. The van der Waals surface area contributed by atoms with Crippen LogP contribution in [0.25, 0.3) is 10.8 Å². The van der Waals surface area contributed by atoms with Gasteiger partial charge in [-0.1, -0.05) is 52.3 Å². The van der Waals surface area contributed by atoms with E-state index in [9.17, 15) is 8.78 Å². The lowest BCUT2D eigenvalue weighted by Crippen LogP contribution is -2.04. The van der Waals surface area contributed by atoms with E-state index < -0.39 is 11.6 Å². The molecule has 0 heterocycles. The summed E-state index contributed by atoms with van der Waals surface area (Å²) in [7, 11) is 0. The molecule has 0 aliphatic carbocycles. The SMILES string of the molecule is Fc1cc(Br)cc(F)c1NCc1ccc2ccccc2c1. The molecule has 1 nitrogen and oxygen atoms in total. The Bertz CT molecular complexity index is 779. The van der Waals surface area contributed by atoms with Crippen molar-refractivity contribution in [3.05, 3.63) is 76.3 Å². The van der Waals surface area contributed by atoms with Crippen LogP contribution in [0.15, 0.2) is 59.1 Å². The molecule has 0 radical (unpaired) electrons. The van der Waals surface area contributed by atoms with Crippen molar-refractivity contribution in [1.29, 1.82) is 0 Å². The second-order valence-electron chi connectivity index (χ2n) is 4.78. The maximum atomic E-state index is 13.7. The van der Waals surface area contributed by atoms with Gasteiger partial charge in [-0.15, -0.1) is 0 Å². The Hall–Kier alpha value is -1.94. The van der Waals surface area contributed by atoms with Crippen molar-refractivity contribution in [3.63, 3.8) is 0 Å². The van der Waals surface area contributed by atoms with Gasteiger partial charge in [0.1, 0.15) is 17.3 Å². The van der Waals surface area contributed by atoms with Crippen LogP contribution in [0.1, 0.15) is 5.56 Å². The molecule has 0 fully saturated rings. The third-order valence-electron chi connectivity index (χ3n) is 3.29. The van der Waals surface area contributed by atoms with Gasteiger partial charge in [0.2, 0.25) is 0 Å². The molecule has 0 aliphatic rings. The summed E-state index contributed by atoms with van der Waals surface area (Å²) in [6, 6.07) is 16.4. The molecule has 3 rings (SSSR count). The monoisotopic (exact) mass is 347 g/mol. The van der Waals surface area contributed by atoms with E-state index in [0.717, 1.165) is 16.3 Å². The molecule has 0 spiro atoms. The van der Waals surface area contributed by atoms with Crippen LogP contribution in [-0.2, 0) is 6.54 Å². The molecule has 3 aromatic rings. The molecule has 0 unspecified atom stereocenters. The second-order valence-corrected chi connectivity index (χ2v) is 5.70. The lowest BCUT2D eigenvalue weighted by molar-refractivity contribution is 0.586. The molecule has 0 aromatic heterocycles. The Morgan fingerprint density at radius 1 is 0.857 bits per heavy atom. The van der Waals surface area contributed by atoms with Gasteiger partial charge in [0.25, 0.3) is 0 Å². The predicted molar refractivity (Wildman–Crippen MR) is 85.3 cm³/mol. The average Bonchev–Trinajstić information content (AvgIpc) is 2.46. The molecule has 0 saturated heterocycles. The molecule has 0 saturated carbocycles. The third-order valence-corrected chi connectivity index (χ3v) is 3.75. The Balaban J connectivity index is 1.83. The van der Waals surface area contributed by atoms with E-state index in [0.29, 0.717) is 11.0 Å². The first-order valence-corrected chi connectivity index (χ1v) is 7.29. The first-order valence-electron chi connectivity index (χ1n) is 6.49. The normalized spacial score (nSPS) is 10.8. The van der Waals surface area contributed by atoms with Crippen molar-refractivity contribution in [2.24, 2.45) is 0 Å². The summed E-state index contributed by atoms with van der Waals surface area (Å²) in [5, 5.41) is 5.06. The first kappa shape index (κ1) is 14.0. The van der Waals surface area contributed by atoms with Gasteiger partial charge in [-0.25, -0.2) is 8.78 Å². The van der Waals surface area contributed by atoms with E-state index in [-0.39, 0.29) is 5.69 Å². The zero-order valence-electron chi connectivity index (χ0n) is 11.0. The number of anilines is 1. The fraction of sp³-hybridized carbons (Fsp3) is 0.0588. The predicted octanol–water partition coefficient (Wildman–Crippen LogP) is 5.49. The molecule has 0 bridgehead atoms. The quantitative estimate of drug-likeness (QED) is 0.660. The number of hydrogen-bond acceptors (Lipinski definition) is 1. The van der Waals surface area contributed by atoms with Gasteiger partial charge in [0.15, 0.2) is 0 Å². The van der Waals surface area contributed by atoms with Crippen LogP contribution in [0, 0.1) is 11.6 Å². The molecular formula is C17H12BrF2N. The Kier molecular flexibility index (Phi) is 3.88. The minimum absolute atomic E-state index is 0.105. The molecule has 4 heteroatoms.